The molecule has 6 nitrogen and oxygen atoms in total. The molecule has 2 heterocycles. The van der Waals surface area contributed by atoms with E-state index in [9.17, 15) is 14.0 Å². The Balaban J connectivity index is 1.54. The highest BCUT2D eigenvalue weighted by molar-refractivity contribution is 7.99. The number of para-hydroxylation sites is 1. The summed E-state index contributed by atoms with van der Waals surface area (Å²) in [6.07, 6.45) is 1.53. The predicted molar refractivity (Wildman–Crippen MR) is 93.1 cm³/mol. The van der Waals surface area contributed by atoms with Crippen LogP contribution in [0.5, 0.6) is 5.75 Å². The fourth-order valence-electron chi connectivity index (χ4n) is 2.68. The molecular formula is C18H18FNO5S. The lowest BCUT2D eigenvalue weighted by molar-refractivity contribution is -0.154. The van der Waals surface area contributed by atoms with E-state index in [-0.39, 0.29) is 30.2 Å². The van der Waals surface area contributed by atoms with Gasteiger partial charge in [0.2, 0.25) is 5.91 Å². The van der Waals surface area contributed by atoms with Crippen LogP contribution in [0.3, 0.4) is 0 Å². The number of ether oxygens (including phenoxy) is 2. The smallest absolute Gasteiger partial charge is 0.329 e. The molecule has 138 valence electrons. The van der Waals surface area contributed by atoms with E-state index in [1.54, 1.807) is 24.3 Å². The molecule has 1 fully saturated rings. The van der Waals surface area contributed by atoms with Crippen molar-refractivity contribution in [3.8, 4) is 5.75 Å². The quantitative estimate of drug-likeness (QED) is 0.568. The molecule has 0 N–H and O–H groups in total. The van der Waals surface area contributed by atoms with Gasteiger partial charge in [0, 0.05) is 12.7 Å². The first-order valence-corrected chi connectivity index (χ1v) is 9.10. The molecule has 0 saturated carbocycles. The van der Waals surface area contributed by atoms with Crippen LogP contribution in [0.1, 0.15) is 18.1 Å². The summed E-state index contributed by atoms with van der Waals surface area (Å²) in [6, 6.07) is 8.81. The highest BCUT2D eigenvalue weighted by Gasteiger charge is 2.43. The number of nitrogens with zero attached hydrogens (tertiary/aromatic N) is 1. The van der Waals surface area contributed by atoms with Gasteiger partial charge >= 0.3 is 5.97 Å². The normalized spacial score (nSPS) is 19.4. The number of benzene rings is 1. The number of carbonyl (C=O) groups excluding carboxylic acids is 2. The molecule has 2 atom stereocenters. The van der Waals surface area contributed by atoms with Crippen LogP contribution in [-0.4, -0.2) is 41.8 Å². The van der Waals surface area contributed by atoms with E-state index in [2.05, 4.69) is 0 Å². The van der Waals surface area contributed by atoms with Crippen molar-refractivity contribution in [1.29, 1.82) is 0 Å². The molecule has 1 aromatic carbocycles. The first-order valence-electron chi connectivity index (χ1n) is 8.06. The monoisotopic (exact) mass is 379 g/mol. The zero-order valence-electron chi connectivity index (χ0n) is 14.1. The lowest BCUT2D eigenvalue weighted by Crippen LogP contribution is -2.43. The van der Waals surface area contributed by atoms with E-state index in [1.165, 1.54) is 42.0 Å². The van der Waals surface area contributed by atoms with Gasteiger partial charge in [0.25, 0.3) is 0 Å². The minimum Gasteiger partial charge on any atom is -0.487 e. The topological polar surface area (TPSA) is 69.0 Å². The summed E-state index contributed by atoms with van der Waals surface area (Å²) in [4.78, 5) is 25.8. The number of furan rings is 1. The van der Waals surface area contributed by atoms with Crippen molar-refractivity contribution in [1.82, 2.24) is 4.90 Å². The molecule has 2 aromatic rings. The second kappa shape index (κ2) is 8.27. The molecule has 0 unspecified atom stereocenters. The van der Waals surface area contributed by atoms with Crippen LogP contribution >= 0.6 is 11.8 Å². The highest BCUT2D eigenvalue weighted by Crippen LogP contribution is 2.41. The van der Waals surface area contributed by atoms with Crippen LogP contribution in [0.25, 0.3) is 0 Å². The molecule has 0 bridgehead atoms. The SMILES string of the molecule is CC(=O)N1[C@@H](c2ccco2)SC[C@H]1C(=O)OCCOc1ccccc1F. The Hall–Kier alpha value is -2.48. The molecule has 8 heteroatoms. The van der Waals surface area contributed by atoms with Crippen LogP contribution in [0.2, 0.25) is 0 Å². The third-order valence-corrected chi connectivity index (χ3v) is 5.13. The predicted octanol–water partition coefficient (Wildman–Crippen LogP) is 3.00. The Labute approximate surface area is 154 Å². The van der Waals surface area contributed by atoms with Crippen molar-refractivity contribution in [3.05, 3.63) is 54.2 Å². The van der Waals surface area contributed by atoms with Crippen molar-refractivity contribution in [2.24, 2.45) is 0 Å². The second-order valence-electron chi connectivity index (χ2n) is 5.59. The summed E-state index contributed by atoms with van der Waals surface area (Å²) in [5.74, 6) is -0.0979. The number of esters is 1. The number of amides is 1. The van der Waals surface area contributed by atoms with Crippen LogP contribution in [-0.2, 0) is 14.3 Å². The average Bonchev–Trinajstić information content (AvgIpc) is 3.28. The molecule has 1 aromatic heterocycles. The van der Waals surface area contributed by atoms with Crippen LogP contribution in [0.15, 0.2) is 47.1 Å². The zero-order chi connectivity index (χ0) is 18.5. The lowest BCUT2D eigenvalue weighted by atomic mass is 10.2. The molecule has 1 aliphatic rings. The minimum absolute atomic E-state index is 0.0220. The van der Waals surface area contributed by atoms with Crippen LogP contribution < -0.4 is 4.74 Å². The number of halogens is 1. The standard InChI is InChI=1S/C18H18FNO5S/c1-12(21)20-14(11-26-17(20)16-7-4-8-23-16)18(22)25-10-9-24-15-6-3-2-5-13(15)19/h2-8,14,17H,9-11H2,1H3/t14-,17+/m0/s1. The molecule has 1 saturated heterocycles. The largest absolute Gasteiger partial charge is 0.487 e. The molecule has 26 heavy (non-hydrogen) atoms. The third-order valence-electron chi connectivity index (χ3n) is 3.84. The minimum atomic E-state index is -0.693. The summed E-state index contributed by atoms with van der Waals surface area (Å²) in [7, 11) is 0. The summed E-state index contributed by atoms with van der Waals surface area (Å²) < 4.78 is 29.3. The number of carbonyl (C=O) groups is 2. The first kappa shape index (κ1) is 18.3. The summed E-state index contributed by atoms with van der Waals surface area (Å²) >= 11 is 1.44. The van der Waals surface area contributed by atoms with E-state index in [0.717, 1.165) is 0 Å². The van der Waals surface area contributed by atoms with E-state index in [4.69, 9.17) is 13.9 Å². The van der Waals surface area contributed by atoms with E-state index in [1.807, 2.05) is 0 Å². The number of hydrogen-bond acceptors (Lipinski definition) is 6. The van der Waals surface area contributed by atoms with Gasteiger partial charge in [0.1, 0.15) is 30.4 Å². The fourth-order valence-corrected chi connectivity index (χ4v) is 4.09. The number of rotatable bonds is 6. The highest BCUT2D eigenvalue weighted by atomic mass is 32.2. The van der Waals surface area contributed by atoms with Crippen LogP contribution in [0.4, 0.5) is 4.39 Å². The van der Waals surface area contributed by atoms with Crippen molar-refractivity contribution < 1.29 is 27.9 Å². The summed E-state index contributed by atoms with van der Waals surface area (Å²) in [5, 5.41) is -0.352. The maximum atomic E-state index is 13.5. The molecule has 0 spiro atoms. The Morgan fingerprint density at radius 2 is 2.08 bits per heavy atom. The Morgan fingerprint density at radius 3 is 2.77 bits per heavy atom. The van der Waals surface area contributed by atoms with Gasteiger partial charge in [-0.1, -0.05) is 12.1 Å². The summed E-state index contributed by atoms with van der Waals surface area (Å²) in [5.41, 5.74) is 0. The fraction of sp³-hybridized carbons (Fsp3) is 0.333. The Kier molecular flexibility index (Phi) is 5.82. The van der Waals surface area contributed by atoms with Crippen LogP contribution in [0, 0.1) is 5.82 Å². The van der Waals surface area contributed by atoms with Gasteiger partial charge in [0.15, 0.2) is 11.6 Å². The van der Waals surface area contributed by atoms with Gasteiger partial charge in [-0.05, 0) is 24.3 Å². The molecule has 1 aliphatic heterocycles. The van der Waals surface area contributed by atoms with E-state index < -0.39 is 17.8 Å². The zero-order valence-corrected chi connectivity index (χ0v) is 14.9. The Morgan fingerprint density at radius 1 is 1.27 bits per heavy atom. The number of thioether (sulfide) groups is 1. The lowest BCUT2D eigenvalue weighted by Gasteiger charge is -2.25. The summed E-state index contributed by atoms with van der Waals surface area (Å²) in [6.45, 7) is 1.39. The van der Waals surface area contributed by atoms with Gasteiger partial charge < -0.3 is 18.8 Å². The maximum Gasteiger partial charge on any atom is 0.329 e. The molecular weight excluding hydrogens is 361 g/mol. The number of hydrogen-bond donors (Lipinski definition) is 0. The molecule has 3 rings (SSSR count). The van der Waals surface area contributed by atoms with Gasteiger partial charge in [-0.15, -0.1) is 11.8 Å². The molecule has 0 radical (unpaired) electrons. The maximum absolute atomic E-state index is 13.5. The van der Waals surface area contributed by atoms with Crippen molar-refractivity contribution in [2.45, 2.75) is 18.3 Å². The van der Waals surface area contributed by atoms with Crippen molar-refractivity contribution >= 4 is 23.6 Å². The van der Waals surface area contributed by atoms with Gasteiger partial charge in [-0.25, -0.2) is 9.18 Å². The molecule has 1 amide bonds. The van der Waals surface area contributed by atoms with Crippen molar-refractivity contribution in [3.63, 3.8) is 0 Å². The van der Waals surface area contributed by atoms with Gasteiger partial charge in [-0.3, -0.25) is 4.79 Å². The Bertz CT molecular complexity index is 767. The average molecular weight is 379 g/mol. The second-order valence-corrected chi connectivity index (χ2v) is 6.70. The molecule has 0 aliphatic carbocycles. The van der Waals surface area contributed by atoms with Gasteiger partial charge in [0.05, 0.1) is 6.26 Å². The van der Waals surface area contributed by atoms with E-state index in [0.29, 0.717) is 11.5 Å². The van der Waals surface area contributed by atoms with E-state index >= 15 is 0 Å². The third kappa shape index (κ3) is 4.01. The first-order chi connectivity index (χ1) is 12.6. The van der Waals surface area contributed by atoms with Gasteiger partial charge in [-0.2, -0.15) is 0 Å². The van der Waals surface area contributed by atoms with Crippen molar-refractivity contribution in [2.75, 3.05) is 19.0 Å².